The highest BCUT2D eigenvalue weighted by atomic mass is 32.2. The molecule has 0 aromatic carbocycles. The smallest absolute Gasteiger partial charge is 0.230 e. The fourth-order valence-corrected chi connectivity index (χ4v) is 2.38. The van der Waals surface area contributed by atoms with Crippen LogP contribution in [0.3, 0.4) is 0 Å². The molecule has 18 heavy (non-hydrogen) atoms. The average Bonchev–Trinajstić information content (AvgIpc) is 2.74. The molecular formula is C12H21N3O2S. The zero-order valence-corrected chi connectivity index (χ0v) is 12.0. The van der Waals surface area contributed by atoms with Crippen molar-refractivity contribution in [2.75, 3.05) is 5.75 Å². The van der Waals surface area contributed by atoms with E-state index in [0.29, 0.717) is 5.75 Å². The first kappa shape index (κ1) is 15.0. The van der Waals surface area contributed by atoms with Crippen LogP contribution in [0.15, 0.2) is 11.4 Å². The molecule has 1 amide bonds. The number of aromatic nitrogens is 2. The van der Waals surface area contributed by atoms with Gasteiger partial charge in [-0.15, -0.1) is 0 Å². The van der Waals surface area contributed by atoms with E-state index in [2.05, 4.69) is 24.1 Å². The van der Waals surface area contributed by atoms with Gasteiger partial charge < -0.3 is 15.0 Å². The molecule has 2 N–H and O–H groups in total. The lowest BCUT2D eigenvalue weighted by Crippen LogP contribution is -2.35. The Morgan fingerprint density at radius 2 is 2.22 bits per heavy atom. The molecule has 0 bridgehead atoms. The van der Waals surface area contributed by atoms with Crippen LogP contribution in [0, 0.1) is 0 Å². The molecule has 0 aliphatic rings. The molecule has 0 saturated carbocycles. The number of nitrogens with one attached hydrogen (secondary N) is 1. The number of rotatable bonds is 7. The van der Waals surface area contributed by atoms with Gasteiger partial charge in [0, 0.05) is 13.1 Å². The van der Waals surface area contributed by atoms with Gasteiger partial charge in [0.2, 0.25) is 5.91 Å². The maximum absolute atomic E-state index is 11.7. The molecule has 5 nitrogen and oxygen atoms in total. The Morgan fingerprint density at radius 3 is 2.72 bits per heavy atom. The third-order valence-electron chi connectivity index (χ3n) is 2.89. The molecule has 1 rings (SSSR count). The number of imidazole rings is 1. The van der Waals surface area contributed by atoms with Crippen LogP contribution in [0.25, 0.3) is 0 Å². The zero-order chi connectivity index (χ0) is 13.5. The van der Waals surface area contributed by atoms with E-state index < -0.39 is 0 Å². The minimum absolute atomic E-state index is 0.0299. The largest absolute Gasteiger partial charge is 0.390 e. The Bertz CT molecular complexity index is 389. The summed E-state index contributed by atoms with van der Waals surface area (Å²) in [6.07, 6.45) is 3.52. The van der Waals surface area contributed by atoms with Crippen molar-refractivity contribution in [3.8, 4) is 0 Å². The van der Waals surface area contributed by atoms with Gasteiger partial charge in [-0.2, -0.15) is 0 Å². The monoisotopic (exact) mass is 271 g/mol. The molecule has 6 heteroatoms. The standard InChI is InChI=1S/C12H21N3O2S/c1-4-9(5-2)14-11(17)8-18-12-13-6-10(7-16)15(12)3/h6,9,16H,4-5,7-8H2,1-3H3,(H,14,17). The maximum atomic E-state index is 11.7. The molecule has 0 unspecified atom stereocenters. The number of nitrogens with zero attached hydrogens (tertiary/aromatic N) is 2. The average molecular weight is 271 g/mol. The summed E-state index contributed by atoms with van der Waals surface area (Å²) in [6, 6.07) is 0.257. The van der Waals surface area contributed by atoms with Gasteiger partial charge in [-0.3, -0.25) is 4.79 Å². The second-order valence-corrected chi connectivity index (χ2v) is 5.06. The lowest BCUT2D eigenvalue weighted by molar-refractivity contribution is -0.119. The molecular weight excluding hydrogens is 250 g/mol. The number of hydrogen-bond donors (Lipinski definition) is 2. The summed E-state index contributed by atoms with van der Waals surface area (Å²) in [5.41, 5.74) is 0.748. The van der Waals surface area contributed by atoms with Crippen LogP contribution in [-0.4, -0.2) is 32.4 Å². The van der Waals surface area contributed by atoms with Gasteiger partial charge >= 0.3 is 0 Å². The van der Waals surface area contributed by atoms with Crippen molar-refractivity contribution < 1.29 is 9.90 Å². The van der Waals surface area contributed by atoms with E-state index in [0.717, 1.165) is 23.7 Å². The topological polar surface area (TPSA) is 67.2 Å². The molecule has 0 spiro atoms. The first-order chi connectivity index (χ1) is 8.62. The molecule has 0 atom stereocenters. The number of aliphatic hydroxyl groups is 1. The van der Waals surface area contributed by atoms with E-state index in [1.54, 1.807) is 10.8 Å². The molecule has 0 aliphatic heterocycles. The summed E-state index contributed by atoms with van der Waals surface area (Å²) in [5, 5.41) is 12.8. The van der Waals surface area contributed by atoms with Gasteiger partial charge in [0.15, 0.2) is 5.16 Å². The van der Waals surface area contributed by atoms with E-state index in [1.165, 1.54) is 11.8 Å². The van der Waals surface area contributed by atoms with Gasteiger partial charge in [-0.1, -0.05) is 25.6 Å². The minimum atomic E-state index is -0.0377. The number of carbonyl (C=O) groups excluding carboxylic acids is 1. The van der Waals surface area contributed by atoms with Crippen molar-refractivity contribution in [1.29, 1.82) is 0 Å². The van der Waals surface area contributed by atoms with E-state index in [4.69, 9.17) is 5.11 Å². The molecule has 0 radical (unpaired) electrons. The maximum Gasteiger partial charge on any atom is 0.230 e. The normalized spacial score (nSPS) is 10.9. The molecule has 1 aromatic heterocycles. The van der Waals surface area contributed by atoms with Gasteiger partial charge in [0.25, 0.3) is 0 Å². The zero-order valence-electron chi connectivity index (χ0n) is 11.1. The Hall–Kier alpha value is -1.01. The van der Waals surface area contributed by atoms with E-state index in [1.807, 2.05) is 7.05 Å². The van der Waals surface area contributed by atoms with Crippen LogP contribution in [0.4, 0.5) is 0 Å². The van der Waals surface area contributed by atoms with Crippen LogP contribution < -0.4 is 5.32 Å². The van der Waals surface area contributed by atoms with Gasteiger partial charge in [-0.25, -0.2) is 4.98 Å². The predicted molar refractivity (Wildman–Crippen MR) is 72.4 cm³/mol. The van der Waals surface area contributed by atoms with Crippen molar-refractivity contribution in [2.45, 2.75) is 44.5 Å². The number of hydrogen-bond acceptors (Lipinski definition) is 4. The Kier molecular flexibility index (Phi) is 6.21. The Balaban J connectivity index is 2.44. The third kappa shape index (κ3) is 4.03. The Labute approximate surface area is 112 Å². The van der Waals surface area contributed by atoms with Gasteiger partial charge in [0.05, 0.1) is 24.3 Å². The van der Waals surface area contributed by atoms with Crippen molar-refractivity contribution in [3.05, 3.63) is 11.9 Å². The molecule has 0 fully saturated rings. The predicted octanol–water partition coefficient (Wildman–Crippen LogP) is 1.31. The summed E-state index contributed by atoms with van der Waals surface area (Å²) in [7, 11) is 1.83. The summed E-state index contributed by atoms with van der Waals surface area (Å²) in [5.74, 6) is 0.383. The lowest BCUT2D eigenvalue weighted by Gasteiger charge is -2.14. The fourth-order valence-electron chi connectivity index (χ4n) is 1.60. The first-order valence-corrected chi connectivity index (χ1v) is 7.14. The fraction of sp³-hybridized carbons (Fsp3) is 0.667. The van der Waals surface area contributed by atoms with Crippen LogP contribution in [0.1, 0.15) is 32.4 Å². The van der Waals surface area contributed by atoms with Gasteiger partial charge in [-0.05, 0) is 12.8 Å². The van der Waals surface area contributed by atoms with Crippen molar-refractivity contribution >= 4 is 17.7 Å². The SMILES string of the molecule is CCC(CC)NC(=O)CSc1ncc(CO)n1C. The van der Waals surface area contributed by atoms with Crippen molar-refractivity contribution in [1.82, 2.24) is 14.9 Å². The third-order valence-corrected chi connectivity index (χ3v) is 3.93. The molecule has 0 saturated heterocycles. The molecule has 1 aromatic rings. The summed E-state index contributed by atoms with van der Waals surface area (Å²) in [4.78, 5) is 15.9. The quantitative estimate of drug-likeness (QED) is 0.734. The minimum Gasteiger partial charge on any atom is -0.390 e. The van der Waals surface area contributed by atoms with Crippen LogP contribution in [0.5, 0.6) is 0 Å². The number of aliphatic hydroxyl groups excluding tert-OH is 1. The molecule has 0 aliphatic carbocycles. The number of thioether (sulfide) groups is 1. The highest BCUT2D eigenvalue weighted by molar-refractivity contribution is 7.99. The summed E-state index contributed by atoms with van der Waals surface area (Å²) in [6.45, 7) is 4.09. The second-order valence-electron chi connectivity index (χ2n) is 4.12. The Morgan fingerprint density at radius 1 is 1.56 bits per heavy atom. The van der Waals surface area contributed by atoms with Gasteiger partial charge in [0.1, 0.15) is 0 Å². The highest BCUT2D eigenvalue weighted by Gasteiger charge is 2.11. The van der Waals surface area contributed by atoms with Crippen molar-refractivity contribution in [2.24, 2.45) is 7.05 Å². The second kappa shape index (κ2) is 7.43. The highest BCUT2D eigenvalue weighted by Crippen LogP contribution is 2.16. The molecule has 102 valence electrons. The van der Waals surface area contributed by atoms with E-state index >= 15 is 0 Å². The number of amides is 1. The molecule has 1 heterocycles. The van der Waals surface area contributed by atoms with Crippen LogP contribution >= 0.6 is 11.8 Å². The van der Waals surface area contributed by atoms with E-state index in [-0.39, 0.29) is 18.6 Å². The first-order valence-electron chi connectivity index (χ1n) is 6.15. The van der Waals surface area contributed by atoms with Crippen molar-refractivity contribution in [3.63, 3.8) is 0 Å². The summed E-state index contributed by atoms with van der Waals surface area (Å²) >= 11 is 1.38. The van der Waals surface area contributed by atoms with Crippen LogP contribution in [-0.2, 0) is 18.4 Å². The number of carbonyl (C=O) groups is 1. The lowest BCUT2D eigenvalue weighted by atomic mass is 10.2. The van der Waals surface area contributed by atoms with Crippen LogP contribution in [0.2, 0.25) is 0 Å². The van der Waals surface area contributed by atoms with E-state index in [9.17, 15) is 4.79 Å². The summed E-state index contributed by atoms with van der Waals surface area (Å²) < 4.78 is 1.80.